The van der Waals surface area contributed by atoms with Gasteiger partial charge in [-0.2, -0.15) is 0 Å². The van der Waals surface area contributed by atoms with Gasteiger partial charge in [0.2, 0.25) is 10.0 Å². The fraction of sp³-hybridized carbons (Fsp3) is 0.667. The van der Waals surface area contributed by atoms with Gasteiger partial charge in [-0.3, -0.25) is 0 Å². The van der Waals surface area contributed by atoms with E-state index in [1.807, 2.05) is 0 Å². The highest BCUT2D eigenvalue weighted by Crippen LogP contribution is 2.22. The van der Waals surface area contributed by atoms with Crippen LogP contribution in [0.2, 0.25) is 0 Å². The summed E-state index contributed by atoms with van der Waals surface area (Å²) in [5, 5.41) is 15.6. The highest BCUT2D eigenvalue weighted by molar-refractivity contribution is 7.89. The number of aliphatic hydroxyl groups excluding tert-OH is 1. The van der Waals surface area contributed by atoms with E-state index >= 15 is 0 Å². The molecule has 2 amide bonds. The van der Waals surface area contributed by atoms with Crippen LogP contribution in [0.3, 0.4) is 0 Å². The normalized spacial score (nSPS) is 25.2. The molecule has 1 aromatic rings. The molecule has 1 heterocycles. The number of benzene rings is 1. The Morgan fingerprint density at radius 1 is 1.06 bits per heavy atom. The first-order valence-electron chi connectivity index (χ1n) is 11.0. The summed E-state index contributed by atoms with van der Waals surface area (Å²) < 4.78 is 45.9. The molecule has 2 fully saturated rings. The quantitative estimate of drug-likeness (QED) is 0.477. The molecule has 2 aliphatic rings. The van der Waals surface area contributed by atoms with Gasteiger partial charge in [0.15, 0.2) is 0 Å². The number of halogens is 1. The van der Waals surface area contributed by atoms with E-state index in [-0.39, 0.29) is 42.3 Å². The number of ether oxygens (including phenoxy) is 1. The molecule has 3 rings (SSSR count). The molecular formula is C21H32FN3O5S. The molecule has 8 nitrogen and oxygen atoms in total. The molecule has 0 radical (unpaired) electrons. The second-order valence-electron chi connectivity index (χ2n) is 8.26. The molecule has 1 saturated heterocycles. The van der Waals surface area contributed by atoms with Crippen LogP contribution in [0.4, 0.5) is 9.18 Å². The van der Waals surface area contributed by atoms with E-state index in [1.165, 1.54) is 18.6 Å². The van der Waals surface area contributed by atoms with Crippen molar-refractivity contribution in [3.63, 3.8) is 0 Å². The minimum Gasteiger partial charge on any atom is -0.394 e. The molecule has 1 aliphatic carbocycles. The Kier molecular flexibility index (Phi) is 8.65. The number of carbonyl (C=O) groups excluding carboxylic acids is 1. The first kappa shape index (κ1) is 23.9. The van der Waals surface area contributed by atoms with E-state index < -0.39 is 21.9 Å². The van der Waals surface area contributed by atoms with Crippen molar-refractivity contribution < 1.29 is 27.4 Å². The van der Waals surface area contributed by atoms with Gasteiger partial charge in [-0.05, 0) is 56.4 Å². The van der Waals surface area contributed by atoms with Crippen molar-refractivity contribution in [2.45, 2.75) is 80.6 Å². The zero-order valence-corrected chi connectivity index (χ0v) is 18.4. The first-order valence-corrected chi connectivity index (χ1v) is 12.4. The lowest BCUT2D eigenvalue weighted by molar-refractivity contribution is -0.0887. The average molecular weight is 458 g/mol. The second-order valence-corrected chi connectivity index (χ2v) is 10.0. The number of sulfonamides is 1. The van der Waals surface area contributed by atoms with Crippen LogP contribution in [-0.2, 0) is 14.8 Å². The third-order valence-electron chi connectivity index (χ3n) is 5.93. The van der Waals surface area contributed by atoms with Gasteiger partial charge in [-0.15, -0.1) is 0 Å². The summed E-state index contributed by atoms with van der Waals surface area (Å²) in [6.45, 7) is -0.0744. The Labute approximate surface area is 183 Å². The summed E-state index contributed by atoms with van der Waals surface area (Å²) in [7, 11) is -3.72. The van der Waals surface area contributed by atoms with Gasteiger partial charge in [0, 0.05) is 12.6 Å². The van der Waals surface area contributed by atoms with Crippen LogP contribution in [0.25, 0.3) is 0 Å². The smallest absolute Gasteiger partial charge is 0.315 e. The highest BCUT2D eigenvalue weighted by atomic mass is 32.2. The lowest BCUT2D eigenvalue weighted by Crippen LogP contribution is -2.55. The van der Waals surface area contributed by atoms with Crippen molar-refractivity contribution in [2.24, 2.45) is 0 Å². The molecule has 0 spiro atoms. The van der Waals surface area contributed by atoms with Gasteiger partial charge < -0.3 is 20.5 Å². The fourth-order valence-electron chi connectivity index (χ4n) is 4.20. The van der Waals surface area contributed by atoms with Gasteiger partial charge in [-0.25, -0.2) is 22.3 Å². The van der Waals surface area contributed by atoms with Gasteiger partial charge in [0.25, 0.3) is 0 Å². The molecule has 10 heteroatoms. The van der Waals surface area contributed by atoms with Gasteiger partial charge in [0.1, 0.15) is 11.9 Å². The van der Waals surface area contributed by atoms with Crippen LogP contribution in [0.15, 0.2) is 29.2 Å². The molecule has 0 aromatic heterocycles. The van der Waals surface area contributed by atoms with Crippen LogP contribution in [0, 0.1) is 5.82 Å². The number of urea groups is 1. The molecule has 0 unspecified atom stereocenters. The largest absolute Gasteiger partial charge is 0.394 e. The Morgan fingerprint density at radius 3 is 2.45 bits per heavy atom. The maximum Gasteiger partial charge on any atom is 0.315 e. The van der Waals surface area contributed by atoms with Crippen molar-refractivity contribution >= 4 is 16.1 Å². The zero-order chi connectivity index (χ0) is 22.3. The van der Waals surface area contributed by atoms with Crippen LogP contribution >= 0.6 is 0 Å². The topological polar surface area (TPSA) is 117 Å². The van der Waals surface area contributed by atoms with Crippen molar-refractivity contribution in [3.8, 4) is 0 Å². The SMILES string of the molecule is O=C(NC1CCCCC1)N[C@@H]1CC[C@@H](CCNS(=O)(=O)c2ccc(F)cc2)O[C@H]1CO. The van der Waals surface area contributed by atoms with E-state index in [0.717, 1.165) is 37.8 Å². The number of rotatable bonds is 8. The van der Waals surface area contributed by atoms with E-state index in [1.54, 1.807) is 0 Å². The monoisotopic (exact) mass is 457 g/mol. The lowest BCUT2D eigenvalue weighted by Gasteiger charge is -2.36. The summed E-state index contributed by atoms with van der Waals surface area (Å²) in [6.07, 6.45) is 6.40. The third-order valence-corrected chi connectivity index (χ3v) is 7.41. The summed E-state index contributed by atoms with van der Waals surface area (Å²) in [5.74, 6) is -0.500. The molecule has 1 aliphatic heterocycles. The molecular weight excluding hydrogens is 425 g/mol. The predicted octanol–water partition coefficient (Wildman–Crippen LogP) is 2.03. The van der Waals surface area contributed by atoms with Crippen molar-refractivity contribution in [2.75, 3.05) is 13.2 Å². The molecule has 31 heavy (non-hydrogen) atoms. The van der Waals surface area contributed by atoms with Crippen LogP contribution < -0.4 is 15.4 Å². The summed E-state index contributed by atoms with van der Waals surface area (Å²) >= 11 is 0. The lowest BCUT2D eigenvalue weighted by atomic mass is 9.95. The number of amides is 2. The number of hydrogen-bond acceptors (Lipinski definition) is 5. The minimum atomic E-state index is -3.72. The molecule has 3 atom stereocenters. The molecule has 1 saturated carbocycles. The fourth-order valence-corrected chi connectivity index (χ4v) is 5.25. The highest BCUT2D eigenvalue weighted by Gasteiger charge is 2.32. The number of nitrogens with one attached hydrogen (secondary N) is 3. The molecule has 1 aromatic carbocycles. The minimum absolute atomic E-state index is 0.0000560. The van der Waals surface area contributed by atoms with E-state index in [0.29, 0.717) is 19.3 Å². The Balaban J connectivity index is 1.42. The van der Waals surface area contributed by atoms with Gasteiger partial charge in [0.05, 0.1) is 23.6 Å². The van der Waals surface area contributed by atoms with Crippen LogP contribution in [0.1, 0.15) is 51.4 Å². The Morgan fingerprint density at radius 2 is 1.77 bits per heavy atom. The number of carbonyl (C=O) groups is 1. The van der Waals surface area contributed by atoms with Crippen LogP contribution in [0.5, 0.6) is 0 Å². The predicted molar refractivity (Wildman–Crippen MR) is 114 cm³/mol. The third kappa shape index (κ3) is 7.13. The van der Waals surface area contributed by atoms with Crippen molar-refractivity contribution in [3.05, 3.63) is 30.1 Å². The van der Waals surface area contributed by atoms with Crippen LogP contribution in [-0.4, -0.2) is 57.0 Å². The molecule has 0 bridgehead atoms. The Bertz CT molecular complexity index is 815. The van der Waals surface area contributed by atoms with E-state index in [4.69, 9.17) is 4.74 Å². The molecule has 4 N–H and O–H groups in total. The summed E-state index contributed by atoms with van der Waals surface area (Å²) in [5.41, 5.74) is 0. The maximum atomic E-state index is 13.0. The maximum absolute atomic E-state index is 13.0. The Hall–Kier alpha value is -1.75. The summed E-state index contributed by atoms with van der Waals surface area (Å²) in [6, 6.07) is 4.30. The van der Waals surface area contributed by atoms with E-state index in [9.17, 15) is 22.7 Å². The zero-order valence-electron chi connectivity index (χ0n) is 17.6. The number of aliphatic hydroxyl groups is 1. The van der Waals surface area contributed by atoms with Crippen molar-refractivity contribution in [1.82, 2.24) is 15.4 Å². The van der Waals surface area contributed by atoms with Gasteiger partial charge >= 0.3 is 6.03 Å². The second kappa shape index (κ2) is 11.2. The van der Waals surface area contributed by atoms with Crippen molar-refractivity contribution in [1.29, 1.82) is 0 Å². The number of hydrogen-bond donors (Lipinski definition) is 4. The van der Waals surface area contributed by atoms with E-state index in [2.05, 4.69) is 15.4 Å². The standard InChI is InChI=1S/C21H32FN3O5S/c22-15-6-9-18(10-7-15)31(28,29)23-13-12-17-8-11-19(20(14-26)30-17)25-21(27)24-16-4-2-1-3-5-16/h6-7,9-10,16-17,19-20,23,26H,1-5,8,11-14H2,(H2,24,25,27)/t17-,19+,20-/m0/s1. The average Bonchev–Trinajstić information content (AvgIpc) is 2.75. The molecule has 174 valence electrons. The first-order chi connectivity index (χ1) is 14.9. The van der Waals surface area contributed by atoms with Gasteiger partial charge in [-0.1, -0.05) is 19.3 Å². The summed E-state index contributed by atoms with van der Waals surface area (Å²) in [4.78, 5) is 12.3.